The Balaban J connectivity index is 1.77. The van der Waals surface area contributed by atoms with E-state index in [0.29, 0.717) is 42.5 Å². The third-order valence-electron chi connectivity index (χ3n) is 5.67. The third kappa shape index (κ3) is 4.86. The number of aromatic nitrogens is 1. The highest BCUT2D eigenvalue weighted by Gasteiger charge is 2.35. The van der Waals surface area contributed by atoms with Gasteiger partial charge in [0.15, 0.2) is 0 Å². The first kappa shape index (κ1) is 20.3. The highest BCUT2D eigenvalue weighted by Crippen LogP contribution is 2.32. The molecule has 28 heavy (non-hydrogen) atoms. The summed E-state index contributed by atoms with van der Waals surface area (Å²) in [7, 11) is 0. The van der Waals surface area contributed by atoms with Crippen LogP contribution in [-0.4, -0.2) is 63.1 Å². The predicted molar refractivity (Wildman–Crippen MR) is 101 cm³/mol. The zero-order valence-electron chi connectivity index (χ0n) is 16.1. The normalized spacial score (nSPS) is 18.8. The third-order valence-corrected chi connectivity index (χ3v) is 5.67. The van der Waals surface area contributed by atoms with Gasteiger partial charge in [-0.2, -0.15) is 0 Å². The molecule has 2 aliphatic rings. The van der Waals surface area contributed by atoms with Crippen LogP contribution in [0.3, 0.4) is 0 Å². The molecule has 2 heterocycles. The van der Waals surface area contributed by atoms with E-state index in [-0.39, 0.29) is 18.4 Å². The molecule has 1 aliphatic heterocycles. The molecule has 1 saturated heterocycles. The predicted octanol–water partition coefficient (Wildman–Crippen LogP) is 2.11. The van der Waals surface area contributed by atoms with E-state index in [9.17, 15) is 19.6 Å². The number of amides is 3. The molecule has 3 rings (SSSR count). The first-order valence-corrected chi connectivity index (χ1v) is 10.0. The summed E-state index contributed by atoms with van der Waals surface area (Å²) in [4.78, 5) is 41.1. The molecule has 8 heteroatoms. The van der Waals surface area contributed by atoms with E-state index in [1.165, 1.54) is 10.0 Å². The van der Waals surface area contributed by atoms with Gasteiger partial charge in [0, 0.05) is 31.0 Å². The van der Waals surface area contributed by atoms with Crippen molar-refractivity contribution >= 4 is 18.2 Å². The van der Waals surface area contributed by atoms with E-state index in [1.54, 1.807) is 24.5 Å². The van der Waals surface area contributed by atoms with Crippen LogP contribution in [0.15, 0.2) is 24.5 Å². The quantitative estimate of drug-likeness (QED) is 0.439. The van der Waals surface area contributed by atoms with E-state index in [2.05, 4.69) is 4.98 Å². The molecular formula is C20H28N4O4. The Labute approximate surface area is 165 Å². The minimum absolute atomic E-state index is 0.0490. The molecule has 3 amide bonds. The van der Waals surface area contributed by atoms with Gasteiger partial charge in [-0.25, -0.2) is 10.1 Å². The second kappa shape index (κ2) is 9.64. The van der Waals surface area contributed by atoms with Crippen LogP contribution in [0.1, 0.15) is 55.3 Å². The molecule has 0 unspecified atom stereocenters. The Kier molecular flexibility index (Phi) is 6.97. The number of carbonyl (C=O) groups is 3. The molecule has 0 aromatic carbocycles. The van der Waals surface area contributed by atoms with Gasteiger partial charge in [0.2, 0.25) is 12.3 Å². The lowest BCUT2D eigenvalue weighted by Crippen LogP contribution is -2.55. The van der Waals surface area contributed by atoms with Crippen molar-refractivity contribution in [1.82, 2.24) is 20.1 Å². The van der Waals surface area contributed by atoms with Crippen molar-refractivity contribution < 1.29 is 19.6 Å². The van der Waals surface area contributed by atoms with Gasteiger partial charge in [-0.1, -0.05) is 25.7 Å². The van der Waals surface area contributed by atoms with Gasteiger partial charge in [-0.3, -0.25) is 29.6 Å². The molecule has 0 bridgehead atoms. The average Bonchev–Trinajstić information content (AvgIpc) is 3.26. The SMILES string of the molecule is O=CN(O)C[C@@H](CC1CCCC1)C(=O)N1CCCCN1C(=O)c1ccncc1. The summed E-state index contributed by atoms with van der Waals surface area (Å²) in [5, 5.41) is 13.3. The summed E-state index contributed by atoms with van der Waals surface area (Å²) in [5.41, 5.74) is 0.485. The summed E-state index contributed by atoms with van der Waals surface area (Å²) >= 11 is 0. The van der Waals surface area contributed by atoms with Gasteiger partial charge in [0.1, 0.15) is 0 Å². The zero-order chi connectivity index (χ0) is 19.9. The van der Waals surface area contributed by atoms with Crippen molar-refractivity contribution in [2.75, 3.05) is 19.6 Å². The van der Waals surface area contributed by atoms with Gasteiger partial charge < -0.3 is 0 Å². The van der Waals surface area contributed by atoms with Crippen LogP contribution >= 0.6 is 0 Å². The van der Waals surface area contributed by atoms with Crippen molar-refractivity contribution in [3.8, 4) is 0 Å². The lowest BCUT2D eigenvalue weighted by Gasteiger charge is -2.40. The van der Waals surface area contributed by atoms with E-state index in [4.69, 9.17) is 0 Å². The zero-order valence-corrected chi connectivity index (χ0v) is 16.1. The van der Waals surface area contributed by atoms with E-state index < -0.39 is 5.92 Å². The Morgan fingerprint density at radius 1 is 1.14 bits per heavy atom. The Bertz CT molecular complexity index is 678. The highest BCUT2D eigenvalue weighted by molar-refractivity contribution is 5.95. The molecule has 0 spiro atoms. The number of hydrazine groups is 1. The van der Waals surface area contributed by atoms with Crippen LogP contribution in [0.2, 0.25) is 0 Å². The van der Waals surface area contributed by atoms with Crippen LogP contribution in [0.5, 0.6) is 0 Å². The number of hydroxylamine groups is 2. The van der Waals surface area contributed by atoms with Crippen LogP contribution in [0.25, 0.3) is 0 Å². The molecule has 1 N–H and O–H groups in total. The summed E-state index contributed by atoms with van der Waals surface area (Å²) in [6.07, 6.45) is 10.1. The first-order chi connectivity index (χ1) is 13.6. The van der Waals surface area contributed by atoms with Crippen LogP contribution in [-0.2, 0) is 9.59 Å². The Morgan fingerprint density at radius 3 is 2.43 bits per heavy atom. The van der Waals surface area contributed by atoms with E-state index in [1.807, 2.05) is 0 Å². The average molecular weight is 388 g/mol. The largest absolute Gasteiger partial charge is 0.286 e. The fourth-order valence-electron chi connectivity index (χ4n) is 4.23. The molecular weight excluding hydrogens is 360 g/mol. The minimum Gasteiger partial charge on any atom is -0.286 e. The molecule has 0 radical (unpaired) electrons. The second-order valence-electron chi connectivity index (χ2n) is 7.64. The number of hydrogen-bond donors (Lipinski definition) is 1. The summed E-state index contributed by atoms with van der Waals surface area (Å²) in [6, 6.07) is 3.27. The topological polar surface area (TPSA) is 94.0 Å². The van der Waals surface area contributed by atoms with Crippen molar-refractivity contribution in [2.24, 2.45) is 11.8 Å². The van der Waals surface area contributed by atoms with Crippen LogP contribution in [0, 0.1) is 11.8 Å². The number of nitrogens with zero attached hydrogens (tertiary/aromatic N) is 4. The molecule has 2 fully saturated rings. The van der Waals surface area contributed by atoms with Crippen LogP contribution in [0.4, 0.5) is 0 Å². The fraction of sp³-hybridized carbons (Fsp3) is 0.600. The lowest BCUT2D eigenvalue weighted by molar-refractivity contribution is -0.164. The van der Waals surface area contributed by atoms with Crippen molar-refractivity contribution in [2.45, 2.75) is 44.9 Å². The molecule has 1 saturated carbocycles. The minimum atomic E-state index is -0.524. The van der Waals surface area contributed by atoms with E-state index in [0.717, 1.165) is 38.5 Å². The molecule has 1 aliphatic carbocycles. The van der Waals surface area contributed by atoms with Gasteiger partial charge in [-0.15, -0.1) is 0 Å². The number of hydrogen-bond acceptors (Lipinski definition) is 5. The first-order valence-electron chi connectivity index (χ1n) is 10.0. The van der Waals surface area contributed by atoms with E-state index >= 15 is 0 Å². The monoisotopic (exact) mass is 388 g/mol. The van der Waals surface area contributed by atoms with Crippen molar-refractivity contribution in [3.63, 3.8) is 0 Å². The van der Waals surface area contributed by atoms with Gasteiger partial charge in [0.25, 0.3) is 5.91 Å². The van der Waals surface area contributed by atoms with Gasteiger partial charge in [-0.05, 0) is 37.3 Å². The summed E-state index contributed by atoms with van der Waals surface area (Å²) in [6.45, 7) is 0.884. The molecule has 1 aromatic rings. The molecule has 8 nitrogen and oxygen atoms in total. The number of rotatable bonds is 7. The second-order valence-corrected chi connectivity index (χ2v) is 7.64. The maximum absolute atomic E-state index is 13.3. The Hall–Kier alpha value is -2.48. The molecule has 1 aromatic heterocycles. The van der Waals surface area contributed by atoms with Crippen molar-refractivity contribution in [1.29, 1.82) is 0 Å². The van der Waals surface area contributed by atoms with Gasteiger partial charge >= 0.3 is 0 Å². The number of carbonyl (C=O) groups excluding carboxylic acids is 3. The maximum atomic E-state index is 13.3. The highest BCUT2D eigenvalue weighted by atomic mass is 16.5. The smallest absolute Gasteiger partial charge is 0.272 e. The summed E-state index contributed by atoms with van der Waals surface area (Å²) in [5.74, 6) is -0.534. The van der Waals surface area contributed by atoms with Crippen LogP contribution < -0.4 is 0 Å². The Morgan fingerprint density at radius 2 is 1.79 bits per heavy atom. The molecule has 152 valence electrons. The van der Waals surface area contributed by atoms with Crippen molar-refractivity contribution in [3.05, 3.63) is 30.1 Å². The molecule has 1 atom stereocenters. The van der Waals surface area contributed by atoms with Gasteiger partial charge in [0.05, 0.1) is 12.5 Å². The summed E-state index contributed by atoms with van der Waals surface area (Å²) < 4.78 is 0. The standard InChI is InChI=1S/C20H28N4O4/c25-15-22(28)14-18(13-16-5-1-2-6-16)20(27)24-12-4-3-11-23(24)19(26)17-7-9-21-10-8-17/h7-10,15-16,18,28H,1-6,11-14H2/t18-/m1/s1. The fourth-order valence-corrected chi connectivity index (χ4v) is 4.23. The lowest BCUT2D eigenvalue weighted by atomic mass is 9.92. The maximum Gasteiger partial charge on any atom is 0.272 e. The number of pyridine rings is 1.